The molecule has 0 spiro atoms. The Kier molecular flexibility index (Phi) is 6.75. The summed E-state index contributed by atoms with van der Waals surface area (Å²) >= 11 is 23.4. The standard InChI is InChI=1S/C16H11Cl4NO3/c17-10-3-1-9(2-4-10)5-16(23)24-8-15(22)21-14-7-12(19)11(18)6-13(14)20/h1-4,6-7H,5,8H2,(H,21,22). The second-order valence-corrected chi connectivity index (χ2v) is 6.42. The molecule has 0 fully saturated rings. The van der Waals surface area contributed by atoms with Crippen molar-refractivity contribution in [2.45, 2.75) is 6.42 Å². The molecule has 0 aromatic heterocycles. The molecule has 0 aliphatic heterocycles. The normalized spacial score (nSPS) is 10.3. The predicted octanol–water partition coefficient (Wildman–Crippen LogP) is 5.02. The maximum Gasteiger partial charge on any atom is 0.310 e. The molecule has 2 rings (SSSR count). The van der Waals surface area contributed by atoms with Crippen molar-refractivity contribution in [2.24, 2.45) is 0 Å². The number of hydrogen-bond donors (Lipinski definition) is 1. The minimum atomic E-state index is -0.542. The van der Waals surface area contributed by atoms with Crippen molar-refractivity contribution >= 4 is 64.0 Å². The Morgan fingerprint density at radius 1 is 0.917 bits per heavy atom. The van der Waals surface area contributed by atoms with Gasteiger partial charge in [0.25, 0.3) is 5.91 Å². The van der Waals surface area contributed by atoms with Gasteiger partial charge in [-0.1, -0.05) is 58.5 Å². The van der Waals surface area contributed by atoms with Crippen molar-refractivity contribution in [1.29, 1.82) is 0 Å². The molecule has 0 heterocycles. The zero-order valence-corrected chi connectivity index (χ0v) is 15.1. The number of anilines is 1. The van der Waals surface area contributed by atoms with Gasteiger partial charge < -0.3 is 10.1 Å². The fourth-order valence-electron chi connectivity index (χ4n) is 1.77. The van der Waals surface area contributed by atoms with Gasteiger partial charge in [-0.25, -0.2) is 0 Å². The van der Waals surface area contributed by atoms with Crippen molar-refractivity contribution in [3.8, 4) is 0 Å². The average molecular weight is 407 g/mol. The Hall–Kier alpha value is -1.46. The summed E-state index contributed by atoms with van der Waals surface area (Å²) in [5, 5.41) is 3.82. The lowest BCUT2D eigenvalue weighted by molar-refractivity contribution is -0.146. The van der Waals surface area contributed by atoms with E-state index in [0.29, 0.717) is 5.02 Å². The van der Waals surface area contributed by atoms with Crippen molar-refractivity contribution in [3.05, 3.63) is 62.1 Å². The SMILES string of the molecule is O=C(COC(=O)Cc1ccc(Cl)cc1)Nc1cc(Cl)c(Cl)cc1Cl. The lowest BCUT2D eigenvalue weighted by Crippen LogP contribution is -2.21. The minimum absolute atomic E-state index is 0.0397. The Morgan fingerprint density at radius 2 is 1.54 bits per heavy atom. The van der Waals surface area contributed by atoms with E-state index < -0.39 is 18.5 Å². The van der Waals surface area contributed by atoms with Gasteiger partial charge in [-0.15, -0.1) is 0 Å². The fourth-order valence-corrected chi connectivity index (χ4v) is 2.49. The maximum atomic E-state index is 11.8. The number of esters is 1. The third-order valence-electron chi connectivity index (χ3n) is 2.91. The van der Waals surface area contributed by atoms with Crippen LogP contribution in [-0.2, 0) is 20.7 Å². The van der Waals surface area contributed by atoms with Crippen molar-refractivity contribution < 1.29 is 14.3 Å². The van der Waals surface area contributed by atoms with Crippen molar-refractivity contribution in [1.82, 2.24) is 0 Å². The Morgan fingerprint density at radius 3 is 2.21 bits per heavy atom. The fraction of sp³-hybridized carbons (Fsp3) is 0.125. The molecule has 2 aromatic carbocycles. The summed E-state index contributed by atoms with van der Waals surface area (Å²) in [5.74, 6) is -1.08. The topological polar surface area (TPSA) is 55.4 Å². The smallest absolute Gasteiger partial charge is 0.310 e. The van der Waals surface area contributed by atoms with Crippen LogP contribution in [0.25, 0.3) is 0 Å². The molecule has 4 nitrogen and oxygen atoms in total. The maximum absolute atomic E-state index is 11.8. The van der Waals surface area contributed by atoms with E-state index >= 15 is 0 Å². The zero-order valence-electron chi connectivity index (χ0n) is 12.1. The number of rotatable bonds is 5. The number of carbonyl (C=O) groups excluding carboxylic acids is 2. The van der Waals surface area contributed by atoms with E-state index in [1.54, 1.807) is 24.3 Å². The van der Waals surface area contributed by atoms with E-state index in [-0.39, 0.29) is 27.2 Å². The summed E-state index contributed by atoms with van der Waals surface area (Å²) < 4.78 is 4.92. The van der Waals surface area contributed by atoms with Gasteiger partial charge in [0.1, 0.15) is 0 Å². The number of carbonyl (C=O) groups is 2. The van der Waals surface area contributed by atoms with Crippen LogP contribution in [0.3, 0.4) is 0 Å². The second-order valence-electron chi connectivity index (χ2n) is 4.76. The summed E-state index contributed by atoms with van der Waals surface area (Å²) in [7, 11) is 0. The van der Waals surface area contributed by atoms with Crippen LogP contribution in [0.2, 0.25) is 20.1 Å². The van der Waals surface area contributed by atoms with Gasteiger partial charge in [0.05, 0.1) is 27.2 Å². The van der Waals surface area contributed by atoms with Crippen LogP contribution in [0.15, 0.2) is 36.4 Å². The molecular formula is C16H11Cl4NO3. The highest BCUT2D eigenvalue weighted by Gasteiger charge is 2.12. The van der Waals surface area contributed by atoms with Gasteiger partial charge in [0, 0.05) is 5.02 Å². The number of hydrogen-bond acceptors (Lipinski definition) is 3. The number of halogens is 4. The van der Waals surface area contributed by atoms with E-state index in [0.717, 1.165) is 5.56 Å². The van der Waals surface area contributed by atoms with E-state index in [1.807, 2.05) is 0 Å². The third-order valence-corrected chi connectivity index (χ3v) is 4.20. The molecule has 0 atom stereocenters. The molecule has 126 valence electrons. The quantitative estimate of drug-likeness (QED) is 0.559. The van der Waals surface area contributed by atoms with Crippen molar-refractivity contribution in [3.63, 3.8) is 0 Å². The van der Waals surface area contributed by atoms with Crippen molar-refractivity contribution in [2.75, 3.05) is 11.9 Å². The molecule has 0 radical (unpaired) electrons. The Labute approximate surface area is 158 Å². The van der Waals surface area contributed by atoms with Gasteiger partial charge in [-0.05, 0) is 29.8 Å². The first kappa shape index (κ1) is 18.9. The van der Waals surface area contributed by atoms with Crippen LogP contribution in [-0.4, -0.2) is 18.5 Å². The lowest BCUT2D eigenvalue weighted by Gasteiger charge is -2.09. The molecule has 2 aromatic rings. The Bertz CT molecular complexity index is 763. The molecule has 24 heavy (non-hydrogen) atoms. The van der Waals surface area contributed by atoms with Gasteiger partial charge in [-0.3, -0.25) is 9.59 Å². The third kappa shape index (κ3) is 5.56. The summed E-state index contributed by atoms with van der Waals surface area (Å²) in [6.07, 6.45) is 0.0397. The zero-order chi connectivity index (χ0) is 17.7. The molecule has 0 aliphatic rings. The molecule has 0 saturated heterocycles. The van der Waals surface area contributed by atoms with Crippen LogP contribution >= 0.6 is 46.4 Å². The van der Waals surface area contributed by atoms with E-state index in [4.69, 9.17) is 51.1 Å². The predicted molar refractivity (Wildman–Crippen MR) is 96.2 cm³/mol. The summed E-state index contributed by atoms with van der Waals surface area (Å²) in [6.45, 7) is -0.441. The minimum Gasteiger partial charge on any atom is -0.455 e. The van der Waals surface area contributed by atoms with Crippen LogP contribution in [0.5, 0.6) is 0 Å². The van der Waals surface area contributed by atoms with Gasteiger partial charge in [0.2, 0.25) is 0 Å². The molecule has 1 N–H and O–H groups in total. The van der Waals surface area contributed by atoms with Gasteiger partial charge in [0.15, 0.2) is 6.61 Å². The monoisotopic (exact) mass is 405 g/mol. The molecule has 0 bridgehead atoms. The van der Waals surface area contributed by atoms with E-state index in [1.165, 1.54) is 12.1 Å². The van der Waals surface area contributed by atoms with Crippen LogP contribution in [0, 0.1) is 0 Å². The van der Waals surface area contributed by atoms with Crippen LogP contribution in [0.1, 0.15) is 5.56 Å². The first-order chi connectivity index (χ1) is 11.3. The van der Waals surface area contributed by atoms with E-state index in [9.17, 15) is 9.59 Å². The van der Waals surface area contributed by atoms with Crippen LogP contribution in [0.4, 0.5) is 5.69 Å². The first-order valence-corrected chi connectivity index (χ1v) is 8.21. The van der Waals surface area contributed by atoms with Crippen LogP contribution < -0.4 is 5.32 Å². The Balaban J connectivity index is 1.85. The van der Waals surface area contributed by atoms with Gasteiger partial charge >= 0.3 is 5.97 Å². The highest BCUT2D eigenvalue weighted by Crippen LogP contribution is 2.32. The largest absolute Gasteiger partial charge is 0.455 e. The summed E-state index contributed by atoms with van der Waals surface area (Å²) in [6, 6.07) is 9.58. The molecule has 1 amide bonds. The molecule has 8 heteroatoms. The number of nitrogens with one attached hydrogen (secondary N) is 1. The highest BCUT2D eigenvalue weighted by molar-refractivity contribution is 6.44. The number of amides is 1. The molecule has 0 aliphatic carbocycles. The van der Waals surface area contributed by atoms with Gasteiger partial charge in [-0.2, -0.15) is 0 Å². The molecule has 0 unspecified atom stereocenters. The number of benzene rings is 2. The molecular weight excluding hydrogens is 396 g/mol. The summed E-state index contributed by atoms with van der Waals surface area (Å²) in [5.41, 5.74) is 1.02. The highest BCUT2D eigenvalue weighted by atomic mass is 35.5. The number of ether oxygens (including phenoxy) is 1. The first-order valence-electron chi connectivity index (χ1n) is 6.69. The average Bonchev–Trinajstić information content (AvgIpc) is 2.53. The molecule has 0 saturated carbocycles. The second kappa shape index (κ2) is 8.58. The lowest BCUT2D eigenvalue weighted by atomic mass is 10.1. The summed E-state index contributed by atoms with van der Waals surface area (Å²) in [4.78, 5) is 23.5. The van der Waals surface area contributed by atoms with E-state index in [2.05, 4.69) is 5.32 Å².